The first-order chi connectivity index (χ1) is 8.34. The maximum Gasteiger partial charge on any atom is 0.147 e. The van der Waals surface area contributed by atoms with Crippen molar-refractivity contribution < 1.29 is 9.21 Å². The van der Waals surface area contributed by atoms with Gasteiger partial charge in [0.15, 0.2) is 0 Å². The van der Waals surface area contributed by atoms with Crippen LogP contribution in [-0.2, 0) is 17.0 Å². The van der Waals surface area contributed by atoms with Gasteiger partial charge in [0.25, 0.3) is 0 Å². The summed E-state index contributed by atoms with van der Waals surface area (Å²) < 4.78 is 5.20. The second-order valence-electron chi connectivity index (χ2n) is 3.77. The summed E-state index contributed by atoms with van der Waals surface area (Å²) in [4.78, 5) is 11.7. The standard InChI is InChI=1S/C14H14O2S/c15-13(9-12-5-2-1-3-6-12)10-17-11-14-7-4-8-16-14/h1-8H,9-11H2. The van der Waals surface area contributed by atoms with Crippen molar-refractivity contribution in [2.75, 3.05) is 5.75 Å². The molecule has 0 radical (unpaired) electrons. The van der Waals surface area contributed by atoms with Crippen molar-refractivity contribution in [1.82, 2.24) is 0 Å². The molecule has 0 aliphatic carbocycles. The van der Waals surface area contributed by atoms with Crippen LogP contribution in [0.25, 0.3) is 0 Å². The summed E-state index contributed by atoms with van der Waals surface area (Å²) in [5.74, 6) is 2.47. The summed E-state index contributed by atoms with van der Waals surface area (Å²) in [5.41, 5.74) is 1.08. The van der Waals surface area contributed by atoms with E-state index in [0.717, 1.165) is 17.1 Å². The summed E-state index contributed by atoms with van der Waals surface area (Å²) in [5, 5.41) is 0. The van der Waals surface area contributed by atoms with Gasteiger partial charge in [-0.3, -0.25) is 4.79 Å². The Morgan fingerprint density at radius 1 is 1.12 bits per heavy atom. The Kier molecular flexibility index (Phi) is 4.45. The van der Waals surface area contributed by atoms with Crippen LogP contribution < -0.4 is 0 Å². The molecule has 0 atom stereocenters. The summed E-state index contributed by atoms with van der Waals surface area (Å²) in [6, 6.07) is 13.6. The summed E-state index contributed by atoms with van der Waals surface area (Å²) in [7, 11) is 0. The molecule has 3 heteroatoms. The highest BCUT2D eigenvalue weighted by atomic mass is 32.2. The monoisotopic (exact) mass is 246 g/mol. The van der Waals surface area contributed by atoms with Gasteiger partial charge in [-0.25, -0.2) is 0 Å². The molecule has 0 amide bonds. The topological polar surface area (TPSA) is 30.2 Å². The van der Waals surface area contributed by atoms with E-state index in [1.165, 1.54) is 0 Å². The molecular formula is C14H14O2S. The molecule has 17 heavy (non-hydrogen) atoms. The van der Waals surface area contributed by atoms with Crippen LogP contribution in [0.5, 0.6) is 0 Å². The lowest BCUT2D eigenvalue weighted by atomic mass is 10.1. The number of thioether (sulfide) groups is 1. The van der Waals surface area contributed by atoms with E-state index in [1.807, 2.05) is 42.5 Å². The Labute approximate surface area is 105 Å². The maximum absolute atomic E-state index is 11.7. The highest BCUT2D eigenvalue weighted by Crippen LogP contribution is 2.13. The van der Waals surface area contributed by atoms with E-state index in [0.29, 0.717) is 12.2 Å². The molecule has 2 nitrogen and oxygen atoms in total. The van der Waals surface area contributed by atoms with Crippen LogP contribution in [0.4, 0.5) is 0 Å². The van der Waals surface area contributed by atoms with Crippen molar-refractivity contribution in [3.8, 4) is 0 Å². The predicted molar refractivity (Wildman–Crippen MR) is 70.0 cm³/mol. The quantitative estimate of drug-likeness (QED) is 0.783. The normalized spacial score (nSPS) is 10.4. The second-order valence-corrected chi connectivity index (χ2v) is 4.76. The minimum atomic E-state index is 0.257. The number of benzene rings is 1. The van der Waals surface area contributed by atoms with Gasteiger partial charge in [0.05, 0.1) is 17.8 Å². The van der Waals surface area contributed by atoms with Gasteiger partial charge in [-0.2, -0.15) is 0 Å². The van der Waals surface area contributed by atoms with E-state index >= 15 is 0 Å². The lowest BCUT2D eigenvalue weighted by molar-refractivity contribution is -0.116. The third-order valence-corrected chi connectivity index (χ3v) is 3.35. The third-order valence-electron chi connectivity index (χ3n) is 2.33. The molecule has 2 rings (SSSR count). The minimum absolute atomic E-state index is 0.257. The zero-order chi connectivity index (χ0) is 11.9. The van der Waals surface area contributed by atoms with Crippen molar-refractivity contribution in [3.05, 3.63) is 60.1 Å². The van der Waals surface area contributed by atoms with E-state index in [-0.39, 0.29) is 5.78 Å². The lowest BCUT2D eigenvalue weighted by Crippen LogP contribution is -2.05. The molecule has 0 bridgehead atoms. The number of carbonyl (C=O) groups is 1. The molecule has 1 aromatic heterocycles. The van der Waals surface area contributed by atoms with Crippen molar-refractivity contribution in [2.45, 2.75) is 12.2 Å². The van der Waals surface area contributed by atoms with Crippen molar-refractivity contribution in [1.29, 1.82) is 0 Å². The highest BCUT2D eigenvalue weighted by Gasteiger charge is 2.04. The van der Waals surface area contributed by atoms with E-state index in [1.54, 1.807) is 18.0 Å². The Morgan fingerprint density at radius 2 is 1.94 bits per heavy atom. The molecule has 1 aromatic carbocycles. The Balaban J connectivity index is 1.71. The molecule has 0 saturated heterocycles. The maximum atomic E-state index is 11.7. The van der Waals surface area contributed by atoms with Crippen LogP contribution >= 0.6 is 11.8 Å². The highest BCUT2D eigenvalue weighted by molar-refractivity contribution is 7.99. The molecule has 0 unspecified atom stereocenters. The van der Waals surface area contributed by atoms with Gasteiger partial charge in [-0.1, -0.05) is 30.3 Å². The number of hydrogen-bond donors (Lipinski definition) is 0. The summed E-state index contributed by atoms with van der Waals surface area (Å²) in [6.07, 6.45) is 2.17. The second kappa shape index (κ2) is 6.30. The van der Waals surface area contributed by atoms with E-state index in [4.69, 9.17) is 4.42 Å². The van der Waals surface area contributed by atoms with E-state index in [9.17, 15) is 4.79 Å². The Bertz CT molecular complexity index is 448. The van der Waals surface area contributed by atoms with Gasteiger partial charge in [-0.05, 0) is 17.7 Å². The van der Waals surface area contributed by atoms with Crippen LogP contribution in [0.1, 0.15) is 11.3 Å². The van der Waals surface area contributed by atoms with Gasteiger partial charge in [-0.15, -0.1) is 11.8 Å². The Hall–Kier alpha value is -1.48. The van der Waals surface area contributed by atoms with Crippen LogP contribution in [0.3, 0.4) is 0 Å². The Morgan fingerprint density at radius 3 is 2.65 bits per heavy atom. The molecule has 0 saturated carbocycles. The zero-order valence-electron chi connectivity index (χ0n) is 9.46. The largest absolute Gasteiger partial charge is 0.468 e. The first-order valence-corrected chi connectivity index (χ1v) is 6.66. The molecule has 0 N–H and O–H groups in total. The molecule has 1 heterocycles. The van der Waals surface area contributed by atoms with Gasteiger partial charge in [0.1, 0.15) is 11.5 Å². The molecule has 2 aromatic rings. The number of rotatable bonds is 6. The molecule has 0 spiro atoms. The average molecular weight is 246 g/mol. The number of carbonyl (C=O) groups excluding carboxylic acids is 1. The molecule has 0 aliphatic rings. The SMILES string of the molecule is O=C(CSCc1ccco1)Cc1ccccc1. The predicted octanol–water partition coefficient (Wildman–Crippen LogP) is 3.32. The van der Waals surface area contributed by atoms with Crippen LogP contribution in [0, 0.1) is 0 Å². The molecule has 0 fully saturated rings. The van der Waals surface area contributed by atoms with E-state index < -0.39 is 0 Å². The number of furan rings is 1. The van der Waals surface area contributed by atoms with E-state index in [2.05, 4.69) is 0 Å². The average Bonchev–Trinajstić information content (AvgIpc) is 2.83. The van der Waals surface area contributed by atoms with Crippen molar-refractivity contribution in [2.24, 2.45) is 0 Å². The number of Topliss-reactive ketones (excluding diaryl/α,β-unsaturated/α-hetero) is 1. The molecule has 88 valence electrons. The molecule has 0 aliphatic heterocycles. The fraction of sp³-hybridized carbons (Fsp3) is 0.214. The fourth-order valence-electron chi connectivity index (χ4n) is 1.53. The molecular weight excluding hydrogens is 232 g/mol. The van der Waals surface area contributed by atoms with Crippen LogP contribution in [0.2, 0.25) is 0 Å². The van der Waals surface area contributed by atoms with Gasteiger partial charge in [0.2, 0.25) is 0 Å². The summed E-state index contributed by atoms with van der Waals surface area (Å²) in [6.45, 7) is 0. The van der Waals surface area contributed by atoms with Gasteiger partial charge < -0.3 is 4.42 Å². The first-order valence-electron chi connectivity index (χ1n) is 5.50. The zero-order valence-corrected chi connectivity index (χ0v) is 10.3. The third kappa shape index (κ3) is 4.11. The fourth-order valence-corrected chi connectivity index (χ4v) is 2.33. The van der Waals surface area contributed by atoms with Gasteiger partial charge in [0, 0.05) is 6.42 Å². The number of ketones is 1. The lowest BCUT2D eigenvalue weighted by Gasteiger charge is -2.00. The van der Waals surface area contributed by atoms with Crippen molar-refractivity contribution in [3.63, 3.8) is 0 Å². The van der Waals surface area contributed by atoms with Crippen LogP contribution in [-0.4, -0.2) is 11.5 Å². The van der Waals surface area contributed by atoms with Crippen molar-refractivity contribution >= 4 is 17.5 Å². The van der Waals surface area contributed by atoms with Gasteiger partial charge >= 0.3 is 0 Å². The number of hydrogen-bond acceptors (Lipinski definition) is 3. The minimum Gasteiger partial charge on any atom is -0.468 e. The van der Waals surface area contributed by atoms with Crippen LogP contribution in [0.15, 0.2) is 53.1 Å². The smallest absolute Gasteiger partial charge is 0.147 e. The first kappa shape index (κ1) is 12.0. The summed E-state index contributed by atoms with van der Waals surface area (Å²) >= 11 is 1.60.